The van der Waals surface area contributed by atoms with Gasteiger partial charge in [-0.05, 0) is 24.5 Å². The summed E-state index contributed by atoms with van der Waals surface area (Å²) in [4.78, 5) is 28.1. The van der Waals surface area contributed by atoms with E-state index >= 15 is 0 Å². The number of hydrazine groups is 1. The van der Waals surface area contributed by atoms with E-state index in [2.05, 4.69) is 15.8 Å². The Labute approximate surface area is 139 Å². The van der Waals surface area contributed by atoms with Gasteiger partial charge >= 0.3 is 0 Å². The monoisotopic (exact) mass is 347 g/mol. The van der Waals surface area contributed by atoms with Crippen LogP contribution in [-0.4, -0.2) is 36.7 Å². The number of pyridine rings is 1. The van der Waals surface area contributed by atoms with E-state index < -0.39 is 21.7 Å². The van der Waals surface area contributed by atoms with Crippen LogP contribution >= 0.6 is 0 Å². The first-order chi connectivity index (χ1) is 11.4. The van der Waals surface area contributed by atoms with Crippen molar-refractivity contribution in [1.82, 2.24) is 15.8 Å². The number of carbonyl (C=O) groups is 2. The number of hydrogen-bond donors (Lipinski definition) is 2. The van der Waals surface area contributed by atoms with Gasteiger partial charge in [0.05, 0.1) is 17.0 Å². The molecule has 2 heterocycles. The van der Waals surface area contributed by atoms with Crippen molar-refractivity contribution in [2.24, 2.45) is 5.92 Å². The average molecular weight is 347 g/mol. The van der Waals surface area contributed by atoms with E-state index in [0.717, 1.165) is 5.39 Å². The van der Waals surface area contributed by atoms with Gasteiger partial charge in [-0.25, -0.2) is 13.4 Å². The van der Waals surface area contributed by atoms with Crippen molar-refractivity contribution in [1.29, 1.82) is 0 Å². The van der Waals surface area contributed by atoms with E-state index in [1.54, 1.807) is 18.2 Å². The van der Waals surface area contributed by atoms with Gasteiger partial charge in [0.15, 0.2) is 9.84 Å². The van der Waals surface area contributed by atoms with Crippen LogP contribution in [0.4, 0.5) is 0 Å². The van der Waals surface area contributed by atoms with Crippen LogP contribution in [0.3, 0.4) is 0 Å². The highest BCUT2D eigenvalue weighted by molar-refractivity contribution is 7.91. The zero-order valence-electron chi connectivity index (χ0n) is 12.9. The fourth-order valence-corrected chi connectivity index (χ4v) is 4.59. The first kappa shape index (κ1) is 16.4. The number of carbonyl (C=O) groups excluding carboxylic acids is 2. The number of amides is 2. The smallest absolute Gasteiger partial charge is 0.273 e. The summed E-state index contributed by atoms with van der Waals surface area (Å²) in [5.41, 5.74) is 5.50. The van der Waals surface area contributed by atoms with Crippen molar-refractivity contribution in [2.45, 2.75) is 12.8 Å². The normalized spacial score (nSPS) is 19.1. The molecule has 1 atom stereocenters. The molecule has 2 amide bonds. The minimum absolute atomic E-state index is 0.0284. The summed E-state index contributed by atoms with van der Waals surface area (Å²) in [7, 11) is -3.01. The molecule has 0 unspecified atom stereocenters. The van der Waals surface area contributed by atoms with Crippen molar-refractivity contribution >= 4 is 32.6 Å². The van der Waals surface area contributed by atoms with Gasteiger partial charge in [0.25, 0.3) is 5.91 Å². The number of nitrogens with one attached hydrogen (secondary N) is 2. The molecule has 1 aliphatic rings. The van der Waals surface area contributed by atoms with Crippen LogP contribution in [0.25, 0.3) is 10.9 Å². The standard InChI is InChI=1S/C16H17N3O4S/c20-15(9-11-7-8-24(22,23)10-11)18-19-16(21)14-6-5-12-3-1-2-4-13(12)17-14/h1-6,11H,7-10H2,(H,18,20)(H,19,21)/t11-/m0/s1. The predicted octanol–water partition coefficient (Wildman–Crippen LogP) is 0.821. The van der Waals surface area contributed by atoms with Crippen molar-refractivity contribution in [3.63, 3.8) is 0 Å². The minimum atomic E-state index is -3.01. The molecule has 2 N–H and O–H groups in total. The predicted molar refractivity (Wildman–Crippen MR) is 88.7 cm³/mol. The molecule has 0 spiro atoms. The first-order valence-electron chi connectivity index (χ1n) is 7.58. The van der Waals surface area contributed by atoms with Gasteiger partial charge in [-0.1, -0.05) is 24.3 Å². The third kappa shape index (κ3) is 3.88. The number of fused-ring (bicyclic) bond motifs is 1. The Morgan fingerprint density at radius 1 is 1.12 bits per heavy atom. The Balaban J connectivity index is 1.55. The molecular weight excluding hydrogens is 330 g/mol. The topological polar surface area (TPSA) is 105 Å². The number of rotatable bonds is 3. The molecule has 24 heavy (non-hydrogen) atoms. The Kier molecular flexibility index (Phi) is 4.48. The van der Waals surface area contributed by atoms with Crippen LogP contribution in [0, 0.1) is 5.92 Å². The van der Waals surface area contributed by atoms with Crippen LogP contribution in [0.15, 0.2) is 36.4 Å². The fraction of sp³-hybridized carbons (Fsp3) is 0.312. The van der Waals surface area contributed by atoms with Gasteiger partial charge in [-0.2, -0.15) is 0 Å². The molecule has 8 heteroatoms. The Morgan fingerprint density at radius 3 is 2.67 bits per heavy atom. The molecule has 2 aromatic rings. The lowest BCUT2D eigenvalue weighted by molar-refractivity contribution is -0.122. The highest BCUT2D eigenvalue weighted by Gasteiger charge is 2.29. The fourth-order valence-electron chi connectivity index (χ4n) is 2.73. The van der Waals surface area contributed by atoms with E-state index in [4.69, 9.17) is 0 Å². The summed E-state index contributed by atoms with van der Waals surface area (Å²) in [6.07, 6.45) is 0.556. The van der Waals surface area contributed by atoms with Crippen LogP contribution in [-0.2, 0) is 14.6 Å². The highest BCUT2D eigenvalue weighted by atomic mass is 32.2. The molecule has 1 aliphatic heterocycles. The largest absolute Gasteiger partial charge is 0.288 e. The average Bonchev–Trinajstić information content (AvgIpc) is 2.90. The molecule has 0 aliphatic carbocycles. The molecule has 1 saturated heterocycles. The van der Waals surface area contributed by atoms with Gasteiger partial charge in [0.2, 0.25) is 5.91 Å². The van der Waals surface area contributed by atoms with Crippen LogP contribution in [0.2, 0.25) is 0 Å². The van der Waals surface area contributed by atoms with Crippen LogP contribution < -0.4 is 10.9 Å². The molecule has 1 aromatic carbocycles. The summed E-state index contributed by atoms with van der Waals surface area (Å²) in [5, 5.41) is 0.917. The van der Waals surface area contributed by atoms with Gasteiger partial charge < -0.3 is 0 Å². The van der Waals surface area contributed by atoms with Crippen LogP contribution in [0.1, 0.15) is 23.3 Å². The summed E-state index contributed by atoms with van der Waals surface area (Å²) < 4.78 is 22.7. The van der Waals surface area contributed by atoms with Gasteiger partial charge in [0, 0.05) is 11.8 Å². The molecule has 0 bridgehead atoms. The summed E-state index contributed by atoms with van der Waals surface area (Å²) >= 11 is 0. The lowest BCUT2D eigenvalue weighted by atomic mass is 10.1. The molecule has 0 radical (unpaired) electrons. The second kappa shape index (κ2) is 6.56. The van der Waals surface area contributed by atoms with Crippen molar-refractivity contribution < 1.29 is 18.0 Å². The SMILES string of the molecule is O=C(C[C@@H]1CCS(=O)(=O)C1)NNC(=O)c1ccc2ccccc2n1. The summed E-state index contributed by atoms with van der Waals surface area (Å²) in [6, 6.07) is 10.8. The zero-order valence-corrected chi connectivity index (χ0v) is 13.7. The number of hydrogen-bond acceptors (Lipinski definition) is 5. The second-order valence-electron chi connectivity index (χ2n) is 5.86. The van der Waals surface area contributed by atoms with E-state index in [1.807, 2.05) is 18.2 Å². The van der Waals surface area contributed by atoms with E-state index in [-0.39, 0.29) is 29.5 Å². The third-order valence-corrected chi connectivity index (χ3v) is 5.78. The van der Waals surface area contributed by atoms with Crippen molar-refractivity contribution in [3.05, 3.63) is 42.1 Å². The maximum atomic E-state index is 12.0. The Hall–Kier alpha value is -2.48. The third-order valence-electron chi connectivity index (χ3n) is 3.95. The molecular formula is C16H17N3O4S. The quantitative estimate of drug-likeness (QED) is 0.800. The van der Waals surface area contributed by atoms with Gasteiger partial charge in [-0.3, -0.25) is 20.4 Å². The first-order valence-corrected chi connectivity index (χ1v) is 9.40. The Bertz CT molecular complexity index is 895. The molecule has 0 saturated carbocycles. The number of aromatic nitrogens is 1. The zero-order chi connectivity index (χ0) is 17.2. The van der Waals surface area contributed by atoms with E-state index in [1.165, 1.54) is 0 Å². The lowest BCUT2D eigenvalue weighted by Gasteiger charge is -2.10. The molecule has 1 fully saturated rings. The van der Waals surface area contributed by atoms with Gasteiger partial charge in [-0.15, -0.1) is 0 Å². The van der Waals surface area contributed by atoms with Crippen molar-refractivity contribution in [2.75, 3.05) is 11.5 Å². The summed E-state index contributed by atoms with van der Waals surface area (Å²) in [5.74, 6) is -0.969. The maximum absolute atomic E-state index is 12.0. The molecule has 1 aromatic heterocycles. The Morgan fingerprint density at radius 2 is 1.92 bits per heavy atom. The number of sulfone groups is 1. The number of nitrogens with zero attached hydrogens (tertiary/aromatic N) is 1. The second-order valence-corrected chi connectivity index (χ2v) is 8.09. The van der Waals surface area contributed by atoms with Crippen LogP contribution in [0.5, 0.6) is 0 Å². The van der Waals surface area contributed by atoms with E-state index in [9.17, 15) is 18.0 Å². The van der Waals surface area contributed by atoms with Crippen molar-refractivity contribution in [3.8, 4) is 0 Å². The lowest BCUT2D eigenvalue weighted by Crippen LogP contribution is -2.42. The van der Waals surface area contributed by atoms with Gasteiger partial charge in [0.1, 0.15) is 5.69 Å². The summed E-state index contributed by atoms with van der Waals surface area (Å²) in [6.45, 7) is 0. The highest BCUT2D eigenvalue weighted by Crippen LogP contribution is 2.21. The molecule has 3 rings (SSSR count). The minimum Gasteiger partial charge on any atom is -0.273 e. The van der Waals surface area contributed by atoms with E-state index in [0.29, 0.717) is 11.9 Å². The number of benzene rings is 1. The molecule has 126 valence electrons. The maximum Gasteiger partial charge on any atom is 0.288 e. The number of para-hydroxylation sites is 1. The molecule has 7 nitrogen and oxygen atoms in total.